The molecule has 0 aromatic carbocycles. The van der Waals surface area contributed by atoms with E-state index in [1.165, 1.54) is 13.3 Å². The predicted octanol–water partition coefficient (Wildman–Crippen LogP) is 3.91. The number of amides is 1. The molecule has 1 aliphatic rings. The van der Waals surface area contributed by atoms with Gasteiger partial charge in [0.1, 0.15) is 0 Å². The molecule has 1 aliphatic heterocycles. The van der Waals surface area contributed by atoms with Crippen LogP contribution in [0.15, 0.2) is 0 Å². The fraction of sp³-hybridized carbons (Fsp3) is 0.875. The van der Waals surface area contributed by atoms with Crippen molar-refractivity contribution in [3.8, 4) is 0 Å². The minimum atomic E-state index is -0.241. The molecule has 2 unspecified atom stereocenters. The van der Waals surface area contributed by atoms with E-state index in [1.807, 2.05) is 13.8 Å². The molecule has 1 heterocycles. The first-order valence-electron chi connectivity index (χ1n) is 7.47. The van der Waals surface area contributed by atoms with Gasteiger partial charge in [0.2, 0.25) is 5.91 Å². The summed E-state index contributed by atoms with van der Waals surface area (Å²) in [6.07, 6.45) is 1.25. The van der Waals surface area contributed by atoms with Crippen LogP contribution in [0.4, 0.5) is 0 Å². The van der Waals surface area contributed by atoms with Gasteiger partial charge in [0.25, 0.3) is 0 Å². The van der Waals surface area contributed by atoms with Gasteiger partial charge in [-0.2, -0.15) is 0 Å². The first-order chi connectivity index (χ1) is 8.69. The largest absolute Gasteiger partial charge is 0.332 e. The maximum Gasteiger partial charge on any atom is 0.220 e. The quantitative estimate of drug-likeness (QED) is 0.725. The molecule has 1 amide bonds. The summed E-state index contributed by atoms with van der Waals surface area (Å²) in [4.78, 5) is 24.6. The van der Waals surface area contributed by atoms with E-state index in [2.05, 4.69) is 34.6 Å². The molecule has 3 nitrogen and oxygen atoms in total. The van der Waals surface area contributed by atoms with Crippen LogP contribution in [0.1, 0.15) is 68.7 Å². The highest BCUT2D eigenvalue weighted by atomic mass is 16.2. The van der Waals surface area contributed by atoms with Crippen molar-refractivity contribution in [2.75, 3.05) is 6.54 Å². The Bertz CT molecular complexity index is 284. The molecule has 1 saturated heterocycles. The maximum atomic E-state index is 11.5. The van der Waals surface area contributed by atoms with Crippen molar-refractivity contribution < 1.29 is 9.59 Å². The molecule has 0 saturated carbocycles. The van der Waals surface area contributed by atoms with Crippen LogP contribution < -0.4 is 0 Å². The third-order valence-corrected chi connectivity index (χ3v) is 3.55. The van der Waals surface area contributed by atoms with E-state index in [0.29, 0.717) is 12.5 Å². The molecule has 1 fully saturated rings. The number of carbonyl (C=O) groups is 2. The van der Waals surface area contributed by atoms with Gasteiger partial charge in [-0.3, -0.25) is 9.59 Å². The van der Waals surface area contributed by atoms with Crippen LogP contribution in [0.25, 0.3) is 0 Å². The summed E-state index contributed by atoms with van der Waals surface area (Å²) < 4.78 is 0. The fourth-order valence-corrected chi connectivity index (χ4v) is 2.36. The zero-order valence-corrected chi connectivity index (χ0v) is 14.3. The lowest BCUT2D eigenvalue weighted by Gasteiger charge is -2.31. The van der Waals surface area contributed by atoms with Gasteiger partial charge < -0.3 is 4.90 Å². The van der Waals surface area contributed by atoms with Gasteiger partial charge in [0.15, 0.2) is 5.78 Å². The number of hydrogen-bond donors (Lipinski definition) is 0. The minimum Gasteiger partial charge on any atom is -0.332 e. The summed E-state index contributed by atoms with van der Waals surface area (Å²) in [6, 6.07) is -0.241. The molecule has 2 atom stereocenters. The Morgan fingerprint density at radius 3 is 1.74 bits per heavy atom. The topological polar surface area (TPSA) is 37.4 Å². The molecule has 0 aromatic heterocycles. The molecule has 19 heavy (non-hydrogen) atoms. The zero-order chi connectivity index (χ0) is 15.8. The molecular formula is C16H33NO2. The second-order valence-corrected chi connectivity index (χ2v) is 5.61. The molecule has 0 radical (unpaired) electrons. The number of nitrogens with zero attached hydrogens (tertiary/aromatic N) is 1. The predicted molar refractivity (Wildman–Crippen MR) is 82.1 cm³/mol. The average molecular weight is 271 g/mol. The lowest BCUT2D eigenvalue weighted by Crippen LogP contribution is -2.44. The van der Waals surface area contributed by atoms with Gasteiger partial charge in [-0.1, -0.05) is 54.9 Å². The van der Waals surface area contributed by atoms with Crippen LogP contribution >= 0.6 is 0 Å². The van der Waals surface area contributed by atoms with E-state index >= 15 is 0 Å². The highest BCUT2D eigenvalue weighted by Crippen LogP contribution is 2.41. The molecule has 1 rings (SSSR count). The lowest BCUT2D eigenvalue weighted by molar-refractivity contribution is -0.137. The maximum absolute atomic E-state index is 11.5. The molecule has 114 valence electrons. The minimum absolute atomic E-state index is 0.00243. The fourth-order valence-electron chi connectivity index (χ4n) is 2.36. The van der Waals surface area contributed by atoms with Crippen molar-refractivity contribution in [3.63, 3.8) is 0 Å². The smallest absolute Gasteiger partial charge is 0.220 e. The van der Waals surface area contributed by atoms with Crippen LogP contribution in [0.3, 0.4) is 0 Å². The second-order valence-electron chi connectivity index (χ2n) is 5.61. The SMILES string of the molecule is CC.CC(=O)C1N(C(C)=O)CC(C)C1(C)C.CCC. The van der Waals surface area contributed by atoms with E-state index < -0.39 is 0 Å². The molecular weight excluding hydrogens is 238 g/mol. The van der Waals surface area contributed by atoms with Crippen LogP contribution in [0, 0.1) is 11.3 Å². The lowest BCUT2D eigenvalue weighted by atomic mass is 9.76. The molecule has 3 heteroatoms. The summed E-state index contributed by atoms with van der Waals surface area (Å²) >= 11 is 0. The number of carbonyl (C=O) groups excluding carboxylic acids is 2. The highest BCUT2D eigenvalue weighted by molar-refractivity contribution is 5.88. The van der Waals surface area contributed by atoms with Gasteiger partial charge in [-0.15, -0.1) is 0 Å². The second kappa shape index (κ2) is 9.11. The Labute approximate surface area is 119 Å². The Morgan fingerprint density at radius 1 is 1.16 bits per heavy atom. The Kier molecular flexibility index (Phi) is 9.81. The zero-order valence-electron chi connectivity index (χ0n) is 14.3. The Balaban J connectivity index is 0. The van der Waals surface area contributed by atoms with Crippen molar-refractivity contribution in [3.05, 3.63) is 0 Å². The van der Waals surface area contributed by atoms with Gasteiger partial charge >= 0.3 is 0 Å². The van der Waals surface area contributed by atoms with Crippen LogP contribution in [-0.2, 0) is 9.59 Å². The summed E-state index contributed by atoms with van der Waals surface area (Å²) in [7, 11) is 0. The molecule has 0 aromatic rings. The Morgan fingerprint density at radius 2 is 1.53 bits per heavy atom. The van der Waals surface area contributed by atoms with E-state index in [4.69, 9.17) is 0 Å². The average Bonchev–Trinajstić information content (AvgIpc) is 2.54. The first kappa shape index (κ1) is 20.5. The molecule has 0 N–H and O–H groups in total. The summed E-state index contributed by atoms with van der Waals surface area (Å²) in [5, 5.41) is 0. The summed E-state index contributed by atoms with van der Waals surface area (Å²) in [5.74, 6) is 0.470. The van der Waals surface area contributed by atoms with E-state index in [1.54, 1.807) is 11.8 Å². The normalized spacial score (nSPS) is 23.7. The highest BCUT2D eigenvalue weighted by Gasteiger charge is 2.48. The van der Waals surface area contributed by atoms with Gasteiger partial charge in [-0.05, 0) is 18.3 Å². The Hall–Kier alpha value is -0.860. The third-order valence-electron chi connectivity index (χ3n) is 3.55. The van der Waals surface area contributed by atoms with Gasteiger partial charge in [0.05, 0.1) is 6.04 Å². The van der Waals surface area contributed by atoms with Crippen molar-refractivity contribution >= 4 is 11.7 Å². The monoisotopic (exact) mass is 271 g/mol. The first-order valence-corrected chi connectivity index (χ1v) is 7.47. The van der Waals surface area contributed by atoms with Gasteiger partial charge in [-0.25, -0.2) is 0 Å². The van der Waals surface area contributed by atoms with Crippen molar-refractivity contribution in [1.82, 2.24) is 4.90 Å². The van der Waals surface area contributed by atoms with Crippen LogP contribution in [0.5, 0.6) is 0 Å². The van der Waals surface area contributed by atoms with Crippen molar-refractivity contribution in [1.29, 1.82) is 0 Å². The third kappa shape index (κ3) is 5.33. The van der Waals surface area contributed by atoms with E-state index in [0.717, 1.165) is 0 Å². The van der Waals surface area contributed by atoms with E-state index in [-0.39, 0.29) is 23.1 Å². The number of hydrogen-bond acceptors (Lipinski definition) is 2. The number of likely N-dealkylation sites (tertiary alicyclic amines) is 1. The molecule has 0 aliphatic carbocycles. The molecule has 0 spiro atoms. The van der Waals surface area contributed by atoms with Crippen LogP contribution in [-0.4, -0.2) is 29.2 Å². The number of ketones is 1. The standard InChI is InChI=1S/C11H19NO2.C3H8.C2H6/c1-7-6-12(9(3)14)10(8(2)13)11(7,4)5;1-3-2;1-2/h7,10H,6H2,1-5H3;3H2,1-2H3;1-2H3. The van der Waals surface area contributed by atoms with Crippen LogP contribution in [0.2, 0.25) is 0 Å². The number of rotatable bonds is 1. The van der Waals surface area contributed by atoms with Crippen molar-refractivity contribution in [2.24, 2.45) is 11.3 Å². The van der Waals surface area contributed by atoms with E-state index in [9.17, 15) is 9.59 Å². The van der Waals surface area contributed by atoms with Crippen molar-refractivity contribution in [2.45, 2.75) is 74.8 Å². The van der Waals surface area contributed by atoms with Gasteiger partial charge in [0, 0.05) is 13.5 Å². The summed E-state index contributed by atoms with van der Waals surface area (Å²) in [6.45, 7) is 18.3. The summed E-state index contributed by atoms with van der Waals surface area (Å²) in [5.41, 5.74) is -0.0997. The molecule has 0 bridgehead atoms. The number of Topliss-reactive ketones (excluding diaryl/α,β-unsaturated/α-hetero) is 1.